The van der Waals surface area contributed by atoms with Crippen molar-refractivity contribution < 1.29 is 5.11 Å². The van der Waals surface area contributed by atoms with Crippen molar-refractivity contribution in [2.24, 2.45) is 5.92 Å². The zero-order chi connectivity index (χ0) is 9.03. The minimum absolute atomic E-state index is 0.372. The lowest BCUT2D eigenvalue weighted by Crippen LogP contribution is -2.38. The SMILES string of the molecule is CC[C@@H]1CCCC[C@@]1(O)C#CBr. The average molecular weight is 231 g/mol. The van der Waals surface area contributed by atoms with Crippen molar-refractivity contribution >= 4 is 15.9 Å². The van der Waals surface area contributed by atoms with Gasteiger partial charge in [0.1, 0.15) is 5.60 Å². The molecule has 0 saturated heterocycles. The molecule has 0 aromatic carbocycles. The zero-order valence-electron chi connectivity index (χ0n) is 7.44. The van der Waals surface area contributed by atoms with Crippen LogP contribution in [0, 0.1) is 16.7 Å². The van der Waals surface area contributed by atoms with E-state index in [-0.39, 0.29) is 0 Å². The summed E-state index contributed by atoms with van der Waals surface area (Å²) in [6, 6.07) is 0. The molecule has 0 aromatic heterocycles. The Bertz CT molecular complexity index is 204. The second kappa shape index (κ2) is 4.30. The third kappa shape index (κ3) is 2.02. The van der Waals surface area contributed by atoms with Gasteiger partial charge in [-0.15, -0.1) is 0 Å². The lowest BCUT2D eigenvalue weighted by Gasteiger charge is -2.35. The van der Waals surface area contributed by atoms with Gasteiger partial charge in [0.05, 0.1) is 0 Å². The molecule has 2 atom stereocenters. The van der Waals surface area contributed by atoms with E-state index in [0.29, 0.717) is 5.92 Å². The molecule has 1 nitrogen and oxygen atoms in total. The second-order valence-corrected chi connectivity index (χ2v) is 3.89. The fourth-order valence-electron chi connectivity index (χ4n) is 2.02. The molecule has 2 heteroatoms. The molecular weight excluding hydrogens is 216 g/mol. The van der Waals surface area contributed by atoms with Gasteiger partial charge in [-0.1, -0.05) is 19.3 Å². The van der Waals surface area contributed by atoms with Gasteiger partial charge in [-0.2, -0.15) is 0 Å². The fourth-order valence-corrected chi connectivity index (χ4v) is 2.36. The van der Waals surface area contributed by atoms with Gasteiger partial charge in [-0.05, 0) is 36.4 Å². The van der Waals surface area contributed by atoms with Crippen molar-refractivity contribution in [3.63, 3.8) is 0 Å². The topological polar surface area (TPSA) is 20.2 Å². The van der Waals surface area contributed by atoms with E-state index in [1.54, 1.807) is 0 Å². The smallest absolute Gasteiger partial charge is 0.129 e. The number of hydrogen-bond donors (Lipinski definition) is 1. The molecule has 0 unspecified atom stereocenters. The Kier molecular flexibility index (Phi) is 3.61. The van der Waals surface area contributed by atoms with Gasteiger partial charge in [-0.3, -0.25) is 0 Å². The quantitative estimate of drug-likeness (QED) is 0.688. The average Bonchev–Trinajstić information content (AvgIpc) is 2.05. The van der Waals surface area contributed by atoms with Crippen LogP contribution in [0.4, 0.5) is 0 Å². The third-order valence-electron chi connectivity index (χ3n) is 2.79. The summed E-state index contributed by atoms with van der Waals surface area (Å²) in [6.45, 7) is 2.12. The van der Waals surface area contributed by atoms with E-state index in [2.05, 4.69) is 33.6 Å². The maximum absolute atomic E-state index is 10.1. The van der Waals surface area contributed by atoms with Crippen LogP contribution in [0.25, 0.3) is 0 Å². The third-order valence-corrected chi connectivity index (χ3v) is 2.99. The van der Waals surface area contributed by atoms with Gasteiger partial charge >= 0.3 is 0 Å². The van der Waals surface area contributed by atoms with Gasteiger partial charge in [-0.25, -0.2) is 0 Å². The molecule has 0 aliphatic heterocycles. The van der Waals surface area contributed by atoms with Crippen LogP contribution in [0.5, 0.6) is 0 Å². The lowest BCUT2D eigenvalue weighted by atomic mass is 9.75. The van der Waals surface area contributed by atoms with E-state index in [0.717, 1.165) is 25.7 Å². The van der Waals surface area contributed by atoms with Crippen LogP contribution in [0.15, 0.2) is 0 Å². The van der Waals surface area contributed by atoms with E-state index in [1.165, 1.54) is 6.42 Å². The molecule has 0 radical (unpaired) electrons. The second-order valence-electron chi connectivity index (χ2n) is 3.49. The predicted octanol–water partition coefficient (Wildman–Crippen LogP) is 2.67. The zero-order valence-corrected chi connectivity index (χ0v) is 9.02. The monoisotopic (exact) mass is 230 g/mol. The Morgan fingerprint density at radius 1 is 1.58 bits per heavy atom. The first kappa shape index (κ1) is 10.1. The highest BCUT2D eigenvalue weighted by Gasteiger charge is 2.35. The molecule has 1 fully saturated rings. The number of aliphatic hydroxyl groups is 1. The summed E-state index contributed by atoms with van der Waals surface area (Å²) in [5.74, 6) is 3.26. The van der Waals surface area contributed by atoms with Crippen LogP contribution in [-0.4, -0.2) is 10.7 Å². The van der Waals surface area contributed by atoms with E-state index >= 15 is 0 Å². The summed E-state index contributed by atoms with van der Waals surface area (Å²) in [5.41, 5.74) is -0.712. The highest BCUT2D eigenvalue weighted by molar-refractivity contribution is 9.12. The molecule has 0 bridgehead atoms. The Hall–Kier alpha value is 0. The van der Waals surface area contributed by atoms with Crippen molar-refractivity contribution in [3.8, 4) is 10.8 Å². The first-order valence-electron chi connectivity index (χ1n) is 4.58. The van der Waals surface area contributed by atoms with Crippen LogP contribution in [0.2, 0.25) is 0 Å². The number of halogens is 1. The molecule has 0 amide bonds. The van der Waals surface area contributed by atoms with Crippen molar-refractivity contribution in [3.05, 3.63) is 0 Å². The van der Waals surface area contributed by atoms with Crippen molar-refractivity contribution in [2.45, 2.75) is 44.6 Å². The molecule has 1 aliphatic carbocycles. The number of hydrogen-bond acceptors (Lipinski definition) is 1. The molecule has 1 aliphatic rings. The Balaban J connectivity index is 2.73. The molecule has 12 heavy (non-hydrogen) atoms. The molecule has 0 aromatic rings. The molecule has 1 rings (SSSR count). The molecule has 0 heterocycles. The maximum atomic E-state index is 10.1. The van der Waals surface area contributed by atoms with Gasteiger partial charge in [0.25, 0.3) is 0 Å². The van der Waals surface area contributed by atoms with E-state index < -0.39 is 5.60 Å². The summed E-state index contributed by atoms with van der Waals surface area (Å²) < 4.78 is 0. The van der Waals surface area contributed by atoms with Crippen molar-refractivity contribution in [2.75, 3.05) is 0 Å². The largest absolute Gasteiger partial charge is 0.377 e. The van der Waals surface area contributed by atoms with Crippen molar-refractivity contribution in [1.82, 2.24) is 0 Å². The van der Waals surface area contributed by atoms with E-state index in [4.69, 9.17) is 0 Å². The van der Waals surface area contributed by atoms with Crippen LogP contribution in [0.1, 0.15) is 39.0 Å². The van der Waals surface area contributed by atoms with E-state index in [9.17, 15) is 5.11 Å². The highest BCUT2D eigenvalue weighted by Crippen LogP contribution is 2.35. The molecule has 68 valence electrons. The first-order valence-corrected chi connectivity index (χ1v) is 5.37. The van der Waals surface area contributed by atoms with Crippen molar-refractivity contribution in [1.29, 1.82) is 0 Å². The molecule has 0 spiro atoms. The molecule has 1 saturated carbocycles. The summed E-state index contributed by atoms with van der Waals surface area (Å²) in [7, 11) is 0. The maximum Gasteiger partial charge on any atom is 0.129 e. The standard InChI is InChI=1S/C10H15BrO/c1-2-9-5-3-4-6-10(9,12)7-8-11/h9,12H,2-6H2,1H3/t9-,10-/m1/s1. The minimum Gasteiger partial charge on any atom is -0.377 e. The Labute approximate surface area is 82.7 Å². The summed E-state index contributed by atoms with van der Waals surface area (Å²) in [6.07, 6.45) is 5.33. The van der Waals surface area contributed by atoms with Gasteiger partial charge in [0.15, 0.2) is 0 Å². The van der Waals surface area contributed by atoms with Crippen LogP contribution >= 0.6 is 15.9 Å². The normalized spacial score (nSPS) is 35.4. The molecular formula is C10H15BrO. The van der Waals surface area contributed by atoms with Gasteiger partial charge in [0, 0.05) is 15.9 Å². The lowest BCUT2D eigenvalue weighted by molar-refractivity contribution is 0.00281. The van der Waals surface area contributed by atoms with Gasteiger partial charge < -0.3 is 5.11 Å². The highest BCUT2D eigenvalue weighted by atomic mass is 79.9. The van der Waals surface area contributed by atoms with Crippen LogP contribution in [0.3, 0.4) is 0 Å². The summed E-state index contributed by atoms with van der Waals surface area (Å²) >= 11 is 3.06. The Morgan fingerprint density at radius 2 is 2.33 bits per heavy atom. The summed E-state index contributed by atoms with van der Waals surface area (Å²) in [5, 5.41) is 10.1. The Morgan fingerprint density at radius 3 is 2.92 bits per heavy atom. The number of rotatable bonds is 1. The van der Waals surface area contributed by atoms with Gasteiger partial charge in [0.2, 0.25) is 0 Å². The fraction of sp³-hybridized carbons (Fsp3) is 0.800. The first-order chi connectivity index (χ1) is 5.73. The minimum atomic E-state index is -0.712. The molecule has 1 N–H and O–H groups in total. The van der Waals surface area contributed by atoms with E-state index in [1.807, 2.05) is 0 Å². The van der Waals surface area contributed by atoms with Crippen LogP contribution < -0.4 is 0 Å². The summed E-state index contributed by atoms with van der Waals surface area (Å²) in [4.78, 5) is 2.65. The predicted molar refractivity (Wildman–Crippen MR) is 53.9 cm³/mol. The van der Waals surface area contributed by atoms with Crippen LogP contribution in [-0.2, 0) is 0 Å².